The fourth-order valence-corrected chi connectivity index (χ4v) is 3.77. The molecule has 9 heteroatoms. The molecule has 1 unspecified atom stereocenters. The number of rotatable bonds is 4. The Morgan fingerprint density at radius 2 is 2.11 bits per heavy atom. The summed E-state index contributed by atoms with van der Waals surface area (Å²) < 4.78 is 29.5. The van der Waals surface area contributed by atoms with Crippen LogP contribution in [-0.2, 0) is 0 Å². The monoisotopic (exact) mass is 389 g/mol. The van der Waals surface area contributed by atoms with Crippen LogP contribution in [0.25, 0.3) is 11.3 Å². The molecule has 4 rings (SSSR count). The van der Waals surface area contributed by atoms with Crippen LogP contribution >= 0.6 is 11.3 Å². The molecule has 0 aliphatic carbocycles. The zero-order valence-corrected chi connectivity index (χ0v) is 15.1. The van der Waals surface area contributed by atoms with E-state index in [0.29, 0.717) is 0 Å². The molecule has 1 fully saturated rings. The summed E-state index contributed by atoms with van der Waals surface area (Å²) >= 11 is 1.10. The highest BCUT2D eigenvalue weighted by Crippen LogP contribution is 2.29. The summed E-state index contributed by atoms with van der Waals surface area (Å²) in [6, 6.07) is 5.51. The second-order valence-electron chi connectivity index (χ2n) is 6.27. The number of carbonyl (C=O) groups is 1. The molecule has 3 heterocycles. The average Bonchev–Trinajstić information content (AvgIpc) is 3.32. The van der Waals surface area contributed by atoms with Crippen LogP contribution in [0.2, 0.25) is 0 Å². The van der Waals surface area contributed by atoms with Gasteiger partial charge in [-0.3, -0.25) is 14.8 Å². The molecule has 1 amide bonds. The lowest BCUT2D eigenvalue weighted by Gasteiger charge is -2.22. The van der Waals surface area contributed by atoms with Crippen LogP contribution in [-0.4, -0.2) is 33.8 Å². The summed E-state index contributed by atoms with van der Waals surface area (Å²) in [4.78, 5) is 16.5. The summed E-state index contributed by atoms with van der Waals surface area (Å²) in [5.74, 6) is -1.80. The van der Waals surface area contributed by atoms with Crippen molar-refractivity contribution < 1.29 is 13.6 Å². The zero-order valence-electron chi connectivity index (χ0n) is 14.3. The highest BCUT2D eigenvalue weighted by Gasteiger charge is 2.19. The number of aromatic nitrogens is 3. The van der Waals surface area contributed by atoms with Crippen molar-refractivity contribution in [2.75, 3.05) is 18.4 Å². The van der Waals surface area contributed by atoms with Gasteiger partial charge >= 0.3 is 0 Å². The van der Waals surface area contributed by atoms with Crippen LogP contribution < -0.4 is 10.6 Å². The molecule has 2 N–H and O–H groups in total. The number of halogens is 2. The van der Waals surface area contributed by atoms with Crippen molar-refractivity contribution in [1.29, 1.82) is 0 Å². The number of carbonyl (C=O) groups excluding carboxylic acids is 1. The number of hydrogen-bond donors (Lipinski definition) is 2. The van der Waals surface area contributed by atoms with E-state index in [4.69, 9.17) is 0 Å². The third-order valence-corrected chi connectivity index (χ3v) is 5.19. The molecule has 1 aliphatic heterocycles. The molecule has 1 aromatic carbocycles. The van der Waals surface area contributed by atoms with Gasteiger partial charge in [-0.05, 0) is 37.6 Å². The highest BCUT2D eigenvalue weighted by atomic mass is 32.1. The standard InChI is InChI=1S/C18H17F2N5OS/c19-12-4-1-5-13(20)16(12)15-10-27-18(22-15)23-17(26)14-6-8-25(24-14)11-3-2-7-21-9-11/h1,4-6,8,10-11,21H,2-3,7,9H2,(H,22,23,26). The fraction of sp³-hybridized carbons (Fsp3) is 0.278. The predicted octanol–water partition coefficient (Wildman–Crippen LogP) is 3.46. The van der Waals surface area contributed by atoms with E-state index in [-0.39, 0.29) is 28.1 Å². The van der Waals surface area contributed by atoms with E-state index in [0.717, 1.165) is 37.3 Å². The van der Waals surface area contributed by atoms with E-state index in [9.17, 15) is 13.6 Å². The maximum absolute atomic E-state index is 13.9. The minimum atomic E-state index is -0.696. The third-order valence-electron chi connectivity index (χ3n) is 4.43. The van der Waals surface area contributed by atoms with Crippen LogP contribution in [0.1, 0.15) is 29.4 Å². The summed E-state index contributed by atoms with van der Waals surface area (Å²) in [6.45, 7) is 1.83. The van der Waals surface area contributed by atoms with E-state index in [1.165, 1.54) is 23.6 Å². The Labute approximate surface area is 158 Å². The Kier molecular flexibility index (Phi) is 4.95. The number of hydrogen-bond acceptors (Lipinski definition) is 5. The number of piperidine rings is 1. The van der Waals surface area contributed by atoms with Gasteiger partial charge < -0.3 is 5.32 Å². The maximum Gasteiger partial charge on any atom is 0.277 e. The fourth-order valence-electron chi connectivity index (χ4n) is 3.07. The SMILES string of the molecule is O=C(Nc1nc(-c2c(F)cccc2F)cs1)c1ccn(C2CCCNC2)n1. The lowest BCUT2D eigenvalue weighted by molar-refractivity contribution is 0.102. The van der Waals surface area contributed by atoms with E-state index in [2.05, 4.69) is 20.7 Å². The lowest BCUT2D eigenvalue weighted by Crippen LogP contribution is -2.32. The largest absolute Gasteiger partial charge is 0.315 e. The second-order valence-corrected chi connectivity index (χ2v) is 7.13. The number of thiazole rings is 1. The Morgan fingerprint density at radius 3 is 2.85 bits per heavy atom. The summed E-state index contributed by atoms with van der Waals surface area (Å²) in [5.41, 5.74) is 0.211. The zero-order chi connectivity index (χ0) is 18.8. The number of amides is 1. The first-order valence-corrected chi connectivity index (χ1v) is 9.47. The first-order chi connectivity index (χ1) is 13.1. The van der Waals surface area contributed by atoms with Crippen molar-refractivity contribution in [3.05, 3.63) is 53.2 Å². The topological polar surface area (TPSA) is 71.8 Å². The van der Waals surface area contributed by atoms with Crippen molar-refractivity contribution in [3.63, 3.8) is 0 Å². The van der Waals surface area contributed by atoms with Crippen LogP contribution in [0, 0.1) is 11.6 Å². The van der Waals surface area contributed by atoms with Crippen LogP contribution in [0.15, 0.2) is 35.8 Å². The van der Waals surface area contributed by atoms with Crippen molar-refractivity contribution in [2.24, 2.45) is 0 Å². The first kappa shape index (κ1) is 17.7. The maximum atomic E-state index is 13.9. The average molecular weight is 389 g/mol. The molecule has 3 aromatic rings. The van der Waals surface area contributed by atoms with Crippen molar-refractivity contribution in [3.8, 4) is 11.3 Å². The minimum Gasteiger partial charge on any atom is -0.315 e. The smallest absolute Gasteiger partial charge is 0.277 e. The molecule has 140 valence electrons. The first-order valence-electron chi connectivity index (χ1n) is 8.59. The molecule has 6 nitrogen and oxygen atoms in total. The van der Waals surface area contributed by atoms with Crippen molar-refractivity contribution >= 4 is 22.4 Å². The number of benzene rings is 1. The molecule has 0 spiro atoms. The number of anilines is 1. The van der Waals surface area contributed by atoms with Gasteiger partial charge in [-0.15, -0.1) is 11.3 Å². The second kappa shape index (κ2) is 7.53. The molecule has 2 aromatic heterocycles. The van der Waals surface area contributed by atoms with E-state index in [1.807, 2.05) is 0 Å². The van der Waals surface area contributed by atoms with Gasteiger partial charge in [0.1, 0.15) is 11.6 Å². The van der Waals surface area contributed by atoms with Crippen LogP contribution in [0.5, 0.6) is 0 Å². The van der Waals surface area contributed by atoms with Crippen LogP contribution in [0.4, 0.5) is 13.9 Å². The molecule has 0 bridgehead atoms. The molecule has 1 atom stereocenters. The van der Waals surface area contributed by atoms with Crippen molar-refractivity contribution in [1.82, 2.24) is 20.1 Å². The van der Waals surface area contributed by atoms with E-state index < -0.39 is 17.5 Å². The van der Waals surface area contributed by atoms with Gasteiger partial charge in [0.25, 0.3) is 5.91 Å². The highest BCUT2D eigenvalue weighted by molar-refractivity contribution is 7.14. The van der Waals surface area contributed by atoms with Gasteiger partial charge in [0.2, 0.25) is 0 Å². The molecule has 1 aliphatic rings. The van der Waals surface area contributed by atoms with Gasteiger partial charge in [0.05, 0.1) is 17.3 Å². The normalized spacial score (nSPS) is 17.0. The number of nitrogens with zero attached hydrogens (tertiary/aromatic N) is 3. The van der Waals surface area contributed by atoms with Crippen molar-refractivity contribution in [2.45, 2.75) is 18.9 Å². The third kappa shape index (κ3) is 3.74. The molecule has 0 radical (unpaired) electrons. The Hall–Kier alpha value is -2.65. The van der Waals surface area contributed by atoms with Gasteiger partial charge in [-0.1, -0.05) is 6.07 Å². The van der Waals surface area contributed by atoms with Gasteiger partial charge in [-0.25, -0.2) is 13.8 Å². The van der Waals surface area contributed by atoms with Gasteiger partial charge in [-0.2, -0.15) is 5.10 Å². The van der Waals surface area contributed by atoms with Crippen LogP contribution in [0.3, 0.4) is 0 Å². The Balaban J connectivity index is 1.48. The summed E-state index contributed by atoms with van der Waals surface area (Å²) in [5, 5.41) is 12.0. The summed E-state index contributed by atoms with van der Waals surface area (Å²) in [7, 11) is 0. The molecular weight excluding hydrogens is 372 g/mol. The van der Waals surface area contributed by atoms with Gasteiger partial charge in [0.15, 0.2) is 10.8 Å². The lowest BCUT2D eigenvalue weighted by atomic mass is 10.1. The summed E-state index contributed by atoms with van der Waals surface area (Å²) in [6.07, 6.45) is 3.87. The molecule has 1 saturated heterocycles. The Morgan fingerprint density at radius 1 is 1.30 bits per heavy atom. The van der Waals surface area contributed by atoms with Gasteiger partial charge in [0, 0.05) is 18.1 Å². The molecule has 0 saturated carbocycles. The predicted molar refractivity (Wildman–Crippen MR) is 98.8 cm³/mol. The quantitative estimate of drug-likeness (QED) is 0.717. The Bertz CT molecular complexity index is 944. The molecular formula is C18H17F2N5OS. The minimum absolute atomic E-state index is 0.143. The van der Waals surface area contributed by atoms with E-state index in [1.54, 1.807) is 16.9 Å². The van der Waals surface area contributed by atoms with E-state index >= 15 is 0 Å². The number of nitrogens with one attached hydrogen (secondary N) is 2. The molecule has 27 heavy (non-hydrogen) atoms.